The molecule has 0 bridgehead atoms. The molecule has 0 unspecified atom stereocenters. The van der Waals surface area contributed by atoms with Gasteiger partial charge in [0.1, 0.15) is 11.3 Å². The molecule has 3 aliphatic heterocycles. The monoisotopic (exact) mass is 288 g/mol. The van der Waals surface area contributed by atoms with Crippen LogP contribution in [-0.2, 0) is 19.0 Å². The van der Waals surface area contributed by atoms with Crippen LogP contribution in [-0.4, -0.2) is 25.0 Å². The summed E-state index contributed by atoms with van der Waals surface area (Å²) in [6.07, 6.45) is 0. The number of carbonyl (C=O) groups is 1. The molecule has 4 rings (SSSR count). The number of benzene rings is 1. The lowest BCUT2D eigenvalue weighted by molar-refractivity contribution is -0.233. The standard InChI is InChI=1S/C16H16O5/c1-16(2)20-14(17)13-12-9(8-19-15(13)21-16)7-18-11-6-4-3-5-10(11)12/h3-6,9,12H,7-8H2,1-2H3/t9-,12+/m0/s1. The van der Waals surface area contributed by atoms with Crippen LogP contribution in [0.25, 0.3) is 0 Å². The van der Waals surface area contributed by atoms with Crippen molar-refractivity contribution in [2.45, 2.75) is 25.6 Å². The van der Waals surface area contributed by atoms with Crippen molar-refractivity contribution >= 4 is 5.97 Å². The fourth-order valence-corrected chi connectivity index (χ4v) is 3.16. The van der Waals surface area contributed by atoms with Gasteiger partial charge in [0.15, 0.2) is 0 Å². The Balaban J connectivity index is 1.85. The lowest BCUT2D eigenvalue weighted by Gasteiger charge is -2.42. The molecule has 0 fully saturated rings. The summed E-state index contributed by atoms with van der Waals surface area (Å²) in [6, 6.07) is 7.77. The molecule has 0 saturated carbocycles. The summed E-state index contributed by atoms with van der Waals surface area (Å²) in [6.45, 7) is 4.39. The third kappa shape index (κ3) is 1.87. The number of esters is 1. The van der Waals surface area contributed by atoms with Gasteiger partial charge in [-0.2, -0.15) is 0 Å². The van der Waals surface area contributed by atoms with E-state index in [1.165, 1.54) is 0 Å². The van der Waals surface area contributed by atoms with Crippen molar-refractivity contribution in [3.05, 3.63) is 41.3 Å². The van der Waals surface area contributed by atoms with Crippen molar-refractivity contribution in [1.29, 1.82) is 0 Å². The fraction of sp³-hybridized carbons (Fsp3) is 0.438. The quantitative estimate of drug-likeness (QED) is 0.686. The molecule has 21 heavy (non-hydrogen) atoms. The van der Waals surface area contributed by atoms with E-state index in [4.69, 9.17) is 18.9 Å². The Bertz CT molecular complexity index is 646. The van der Waals surface area contributed by atoms with Gasteiger partial charge in [-0.05, 0) is 6.07 Å². The van der Waals surface area contributed by atoms with E-state index >= 15 is 0 Å². The minimum atomic E-state index is -0.993. The van der Waals surface area contributed by atoms with E-state index < -0.39 is 5.79 Å². The summed E-state index contributed by atoms with van der Waals surface area (Å²) in [5.74, 6) is -0.252. The van der Waals surface area contributed by atoms with Crippen LogP contribution < -0.4 is 4.74 Å². The highest BCUT2D eigenvalue weighted by atomic mass is 16.8. The van der Waals surface area contributed by atoms with E-state index in [1.54, 1.807) is 13.8 Å². The largest absolute Gasteiger partial charge is 0.493 e. The molecule has 0 saturated heterocycles. The van der Waals surface area contributed by atoms with Crippen LogP contribution in [0.5, 0.6) is 5.75 Å². The number of hydrogen-bond donors (Lipinski definition) is 0. The predicted molar refractivity (Wildman–Crippen MR) is 72.4 cm³/mol. The Kier molecular flexibility index (Phi) is 2.49. The topological polar surface area (TPSA) is 54.0 Å². The molecule has 0 N–H and O–H groups in total. The molecule has 0 aliphatic carbocycles. The summed E-state index contributed by atoms with van der Waals surface area (Å²) in [7, 11) is 0. The van der Waals surface area contributed by atoms with Gasteiger partial charge in [-0.3, -0.25) is 0 Å². The first-order valence-corrected chi connectivity index (χ1v) is 7.06. The number of cyclic esters (lactones) is 1. The second kappa shape index (κ2) is 4.16. The van der Waals surface area contributed by atoms with Crippen molar-refractivity contribution in [3.8, 4) is 5.75 Å². The third-order valence-corrected chi connectivity index (χ3v) is 4.03. The zero-order valence-electron chi connectivity index (χ0n) is 11.9. The third-order valence-electron chi connectivity index (χ3n) is 4.03. The van der Waals surface area contributed by atoms with E-state index in [0.717, 1.165) is 11.3 Å². The van der Waals surface area contributed by atoms with Crippen LogP contribution in [0.3, 0.4) is 0 Å². The lowest BCUT2D eigenvalue weighted by atomic mass is 9.78. The average molecular weight is 288 g/mol. The molecule has 2 atom stereocenters. The minimum absolute atomic E-state index is 0.0935. The predicted octanol–water partition coefficient (Wildman–Crippen LogP) is 2.33. The van der Waals surface area contributed by atoms with E-state index in [-0.39, 0.29) is 17.8 Å². The summed E-state index contributed by atoms with van der Waals surface area (Å²) in [5.41, 5.74) is 1.46. The van der Waals surface area contributed by atoms with Gasteiger partial charge in [-0.25, -0.2) is 4.79 Å². The van der Waals surface area contributed by atoms with Crippen LogP contribution in [0.1, 0.15) is 25.3 Å². The van der Waals surface area contributed by atoms with Gasteiger partial charge in [-0.1, -0.05) is 18.2 Å². The SMILES string of the molecule is CC1(C)OC(=O)C2=C(OC[C@@H]3COc4ccccc4[C@H]23)O1. The molecule has 3 heterocycles. The Labute approximate surface area is 122 Å². The minimum Gasteiger partial charge on any atom is -0.493 e. The molecule has 5 nitrogen and oxygen atoms in total. The van der Waals surface area contributed by atoms with Crippen LogP contribution in [0, 0.1) is 5.92 Å². The summed E-state index contributed by atoms with van der Waals surface area (Å²) in [4.78, 5) is 12.4. The Morgan fingerprint density at radius 2 is 1.86 bits per heavy atom. The van der Waals surface area contributed by atoms with E-state index in [2.05, 4.69) is 0 Å². The molecule has 1 aromatic carbocycles. The number of rotatable bonds is 0. The molecule has 0 aromatic heterocycles. The van der Waals surface area contributed by atoms with Crippen molar-refractivity contribution < 1.29 is 23.7 Å². The smallest absolute Gasteiger partial charge is 0.345 e. The van der Waals surface area contributed by atoms with E-state index in [0.29, 0.717) is 24.7 Å². The Morgan fingerprint density at radius 3 is 2.71 bits per heavy atom. The lowest BCUT2D eigenvalue weighted by Crippen LogP contribution is -2.45. The van der Waals surface area contributed by atoms with Gasteiger partial charge < -0.3 is 18.9 Å². The first kappa shape index (κ1) is 12.6. The second-order valence-electron chi connectivity index (χ2n) is 5.99. The number of carbonyl (C=O) groups excluding carboxylic acids is 1. The van der Waals surface area contributed by atoms with Gasteiger partial charge in [-0.15, -0.1) is 0 Å². The van der Waals surface area contributed by atoms with E-state index in [1.807, 2.05) is 24.3 Å². The Morgan fingerprint density at radius 1 is 1.10 bits per heavy atom. The maximum atomic E-state index is 12.4. The number of para-hydroxylation sites is 1. The summed E-state index contributed by atoms with van der Waals surface area (Å²) >= 11 is 0. The summed E-state index contributed by atoms with van der Waals surface area (Å²) in [5, 5.41) is 0. The zero-order chi connectivity index (χ0) is 14.6. The van der Waals surface area contributed by atoms with Crippen molar-refractivity contribution in [2.24, 2.45) is 5.92 Å². The molecule has 0 amide bonds. The molecular formula is C16H16O5. The number of hydrogen-bond acceptors (Lipinski definition) is 5. The van der Waals surface area contributed by atoms with Gasteiger partial charge in [0.05, 0.1) is 13.2 Å². The van der Waals surface area contributed by atoms with Crippen LogP contribution >= 0.6 is 0 Å². The van der Waals surface area contributed by atoms with Crippen LogP contribution in [0.4, 0.5) is 0 Å². The Hall–Kier alpha value is -2.17. The molecule has 5 heteroatoms. The summed E-state index contributed by atoms with van der Waals surface area (Å²) < 4.78 is 22.5. The average Bonchev–Trinajstić information content (AvgIpc) is 2.45. The first-order chi connectivity index (χ1) is 10.1. The number of ether oxygens (including phenoxy) is 4. The van der Waals surface area contributed by atoms with Crippen LogP contribution in [0.15, 0.2) is 35.8 Å². The maximum absolute atomic E-state index is 12.4. The molecule has 110 valence electrons. The molecule has 0 spiro atoms. The maximum Gasteiger partial charge on any atom is 0.345 e. The second-order valence-corrected chi connectivity index (χ2v) is 5.99. The fourth-order valence-electron chi connectivity index (χ4n) is 3.16. The van der Waals surface area contributed by atoms with Crippen molar-refractivity contribution in [2.75, 3.05) is 13.2 Å². The van der Waals surface area contributed by atoms with Gasteiger partial charge >= 0.3 is 5.97 Å². The first-order valence-electron chi connectivity index (χ1n) is 7.06. The highest BCUT2D eigenvalue weighted by Gasteiger charge is 2.48. The highest BCUT2D eigenvalue weighted by Crippen LogP contribution is 2.48. The number of fused-ring (bicyclic) bond motifs is 4. The van der Waals surface area contributed by atoms with Gasteiger partial charge in [0.25, 0.3) is 11.7 Å². The van der Waals surface area contributed by atoms with Gasteiger partial charge in [0, 0.05) is 31.2 Å². The molecule has 0 radical (unpaired) electrons. The van der Waals surface area contributed by atoms with Crippen molar-refractivity contribution in [3.63, 3.8) is 0 Å². The molecule has 3 aliphatic rings. The highest BCUT2D eigenvalue weighted by molar-refractivity contribution is 5.92. The zero-order valence-corrected chi connectivity index (χ0v) is 11.9. The van der Waals surface area contributed by atoms with Crippen molar-refractivity contribution in [1.82, 2.24) is 0 Å². The van der Waals surface area contributed by atoms with Gasteiger partial charge in [0.2, 0.25) is 0 Å². The molecular weight excluding hydrogens is 272 g/mol. The van der Waals surface area contributed by atoms with E-state index in [9.17, 15) is 4.79 Å². The molecule has 1 aromatic rings. The van der Waals surface area contributed by atoms with Crippen LogP contribution in [0.2, 0.25) is 0 Å². The normalized spacial score (nSPS) is 29.0.